The molecular weight excluding hydrogens is 290 g/mol. The summed E-state index contributed by atoms with van der Waals surface area (Å²) in [4.78, 5) is 19.8. The molecule has 2 heterocycles. The lowest BCUT2D eigenvalue weighted by molar-refractivity contribution is 0.0938. The molecule has 0 bridgehead atoms. The number of H-pyrrole nitrogens is 2. The van der Waals surface area contributed by atoms with Crippen LogP contribution in [0.3, 0.4) is 0 Å². The quantitative estimate of drug-likeness (QED) is 0.695. The van der Waals surface area contributed by atoms with Gasteiger partial charge in [0.2, 0.25) is 0 Å². The van der Waals surface area contributed by atoms with Crippen molar-refractivity contribution in [3.63, 3.8) is 0 Å². The topological polar surface area (TPSA) is 86.5 Å². The van der Waals surface area contributed by atoms with E-state index in [4.69, 9.17) is 11.6 Å². The van der Waals surface area contributed by atoms with Crippen molar-refractivity contribution in [1.82, 2.24) is 25.5 Å². The largest absolute Gasteiger partial charge is 0.342 e. The maximum atomic E-state index is 12.1. The fourth-order valence-electron chi connectivity index (χ4n) is 2.13. The fourth-order valence-corrected chi connectivity index (χ4v) is 2.30. The van der Waals surface area contributed by atoms with Crippen molar-refractivity contribution in [2.75, 3.05) is 0 Å². The van der Waals surface area contributed by atoms with Gasteiger partial charge in [-0.25, -0.2) is 4.98 Å². The number of benzene rings is 1. The normalized spacial score (nSPS) is 12.5. The predicted molar refractivity (Wildman–Crippen MR) is 80.3 cm³/mol. The van der Waals surface area contributed by atoms with Gasteiger partial charge < -0.3 is 10.3 Å². The number of hydrogen-bond donors (Lipinski definition) is 3. The average molecular weight is 304 g/mol. The van der Waals surface area contributed by atoms with E-state index in [-0.39, 0.29) is 11.9 Å². The van der Waals surface area contributed by atoms with E-state index in [1.54, 1.807) is 13.0 Å². The Kier molecular flexibility index (Phi) is 3.39. The Labute approximate surface area is 125 Å². The van der Waals surface area contributed by atoms with Gasteiger partial charge in [0.25, 0.3) is 5.91 Å². The Balaban J connectivity index is 1.82. The van der Waals surface area contributed by atoms with E-state index in [0.717, 1.165) is 16.7 Å². The minimum atomic E-state index is -0.252. The van der Waals surface area contributed by atoms with Crippen LogP contribution in [0.5, 0.6) is 0 Å². The molecule has 3 rings (SSSR count). The molecule has 2 aromatic heterocycles. The highest BCUT2D eigenvalue weighted by molar-refractivity contribution is 6.31. The zero-order valence-corrected chi connectivity index (χ0v) is 12.3. The van der Waals surface area contributed by atoms with Crippen LogP contribution in [0.1, 0.15) is 34.8 Å². The molecule has 0 aliphatic carbocycles. The predicted octanol–water partition coefficient (Wildman–Crippen LogP) is 2.74. The number of nitrogens with zero attached hydrogens (tertiary/aromatic N) is 2. The first-order valence-corrected chi connectivity index (χ1v) is 6.88. The van der Waals surface area contributed by atoms with Gasteiger partial charge in [-0.2, -0.15) is 5.10 Å². The molecule has 3 N–H and O–H groups in total. The average Bonchev–Trinajstić information content (AvgIpc) is 3.04. The lowest BCUT2D eigenvalue weighted by Gasteiger charge is -2.10. The first-order valence-electron chi connectivity index (χ1n) is 6.50. The molecule has 21 heavy (non-hydrogen) atoms. The third kappa shape index (κ3) is 2.62. The highest BCUT2D eigenvalue weighted by Gasteiger charge is 2.17. The Morgan fingerprint density at radius 2 is 2.24 bits per heavy atom. The zero-order chi connectivity index (χ0) is 15.0. The monoisotopic (exact) mass is 303 g/mol. The van der Waals surface area contributed by atoms with Gasteiger partial charge in [-0.3, -0.25) is 9.89 Å². The van der Waals surface area contributed by atoms with Crippen molar-refractivity contribution in [3.05, 3.63) is 46.5 Å². The maximum Gasteiger partial charge on any atom is 0.255 e. The summed E-state index contributed by atoms with van der Waals surface area (Å²) < 4.78 is 0. The van der Waals surface area contributed by atoms with Crippen LogP contribution >= 0.6 is 11.6 Å². The van der Waals surface area contributed by atoms with Crippen molar-refractivity contribution in [1.29, 1.82) is 0 Å². The van der Waals surface area contributed by atoms with Gasteiger partial charge in [-0.15, -0.1) is 0 Å². The first-order chi connectivity index (χ1) is 10.0. The van der Waals surface area contributed by atoms with Gasteiger partial charge in [-0.1, -0.05) is 11.6 Å². The molecular formula is C14H14ClN5O. The zero-order valence-electron chi connectivity index (χ0n) is 11.6. The Morgan fingerprint density at radius 3 is 2.95 bits per heavy atom. The third-order valence-electron chi connectivity index (χ3n) is 3.29. The summed E-state index contributed by atoms with van der Waals surface area (Å²) in [6, 6.07) is 5.18. The number of hydrogen-bond acceptors (Lipinski definition) is 3. The second kappa shape index (κ2) is 5.21. The van der Waals surface area contributed by atoms with Crippen LogP contribution in [0.25, 0.3) is 11.0 Å². The number of amides is 1. The van der Waals surface area contributed by atoms with Gasteiger partial charge in [0.15, 0.2) is 0 Å². The molecule has 6 nitrogen and oxygen atoms in total. The van der Waals surface area contributed by atoms with Crippen LogP contribution in [0, 0.1) is 6.92 Å². The molecule has 0 unspecified atom stereocenters. The number of aromatic nitrogens is 4. The van der Waals surface area contributed by atoms with Crippen molar-refractivity contribution in [2.45, 2.75) is 19.9 Å². The van der Waals surface area contributed by atoms with Gasteiger partial charge in [0.1, 0.15) is 5.82 Å². The number of fused-ring (bicyclic) bond motifs is 1. The minimum absolute atomic E-state index is 0.188. The van der Waals surface area contributed by atoms with E-state index in [9.17, 15) is 4.79 Å². The standard InChI is InChI=1S/C14H14ClN5O/c1-7-10(6-16-20-7)14(21)17-8(2)13-18-11-4-3-9(15)5-12(11)19-13/h3-6,8H,1-2H3,(H,16,20)(H,17,21)(H,18,19)/t8-/m0/s1. The summed E-state index contributed by atoms with van der Waals surface area (Å²) in [6.45, 7) is 3.67. The minimum Gasteiger partial charge on any atom is -0.342 e. The number of carbonyl (C=O) groups excluding carboxylic acids is 1. The number of halogens is 1. The Morgan fingerprint density at radius 1 is 1.43 bits per heavy atom. The van der Waals surface area contributed by atoms with Crippen molar-refractivity contribution in [3.8, 4) is 0 Å². The highest BCUT2D eigenvalue weighted by atomic mass is 35.5. The van der Waals surface area contributed by atoms with Crippen molar-refractivity contribution in [2.24, 2.45) is 0 Å². The van der Waals surface area contributed by atoms with E-state index in [1.165, 1.54) is 6.20 Å². The van der Waals surface area contributed by atoms with E-state index >= 15 is 0 Å². The summed E-state index contributed by atoms with van der Waals surface area (Å²) in [6.07, 6.45) is 1.51. The number of aryl methyl sites for hydroxylation is 1. The van der Waals surface area contributed by atoms with Crippen LogP contribution < -0.4 is 5.32 Å². The second-order valence-electron chi connectivity index (χ2n) is 4.89. The van der Waals surface area contributed by atoms with Crippen LogP contribution in [0.4, 0.5) is 0 Å². The summed E-state index contributed by atoms with van der Waals surface area (Å²) in [7, 11) is 0. The summed E-state index contributed by atoms with van der Waals surface area (Å²) in [5.41, 5.74) is 2.92. The number of rotatable bonds is 3. The van der Waals surface area contributed by atoms with Crippen molar-refractivity contribution < 1.29 is 4.79 Å². The van der Waals surface area contributed by atoms with E-state index in [1.807, 2.05) is 19.1 Å². The van der Waals surface area contributed by atoms with Crippen molar-refractivity contribution >= 4 is 28.5 Å². The lowest BCUT2D eigenvalue weighted by Crippen LogP contribution is -2.27. The smallest absolute Gasteiger partial charge is 0.255 e. The number of nitrogens with one attached hydrogen (secondary N) is 3. The molecule has 1 amide bonds. The third-order valence-corrected chi connectivity index (χ3v) is 3.53. The van der Waals surface area contributed by atoms with Crippen LogP contribution in [-0.2, 0) is 0 Å². The Hall–Kier alpha value is -2.34. The molecule has 7 heteroatoms. The highest BCUT2D eigenvalue weighted by Crippen LogP contribution is 2.20. The van der Waals surface area contributed by atoms with Crippen LogP contribution in [0.15, 0.2) is 24.4 Å². The van der Waals surface area contributed by atoms with E-state index in [2.05, 4.69) is 25.5 Å². The van der Waals surface area contributed by atoms with Crippen LogP contribution in [-0.4, -0.2) is 26.1 Å². The van der Waals surface area contributed by atoms with Gasteiger partial charge >= 0.3 is 0 Å². The summed E-state index contributed by atoms with van der Waals surface area (Å²) in [5, 5.41) is 10.1. The van der Waals surface area contributed by atoms with E-state index < -0.39 is 0 Å². The first kappa shape index (κ1) is 13.6. The number of aromatic amines is 2. The molecule has 3 aromatic rings. The molecule has 0 aliphatic rings. The molecule has 0 saturated carbocycles. The molecule has 1 atom stereocenters. The lowest BCUT2D eigenvalue weighted by atomic mass is 10.2. The fraction of sp³-hybridized carbons (Fsp3) is 0.214. The summed E-state index contributed by atoms with van der Waals surface area (Å²) in [5.74, 6) is 0.494. The maximum absolute atomic E-state index is 12.1. The molecule has 0 spiro atoms. The number of carbonyl (C=O) groups is 1. The molecule has 0 fully saturated rings. The van der Waals surface area contributed by atoms with E-state index in [0.29, 0.717) is 16.4 Å². The molecule has 1 aromatic carbocycles. The summed E-state index contributed by atoms with van der Waals surface area (Å²) >= 11 is 5.95. The second-order valence-corrected chi connectivity index (χ2v) is 5.32. The van der Waals surface area contributed by atoms with Crippen LogP contribution in [0.2, 0.25) is 5.02 Å². The molecule has 0 saturated heterocycles. The molecule has 0 radical (unpaired) electrons. The van der Waals surface area contributed by atoms with Gasteiger partial charge in [-0.05, 0) is 32.0 Å². The molecule has 108 valence electrons. The van der Waals surface area contributed by atoms with Gasteiger partial charge in [0.05, 0.1) is 28.8 Å². The SMILES string of the molecule is Cc1[nH]ncc1C(=O)N[C@@H](C)c1nc2ccc(Cl)cc2[nH]1. The Bertz CT molecular complexity index is 807. The van der Waals surface area contributed by atoms with Gasteiger partial charge in [0, 0.05) is 10.7 Å². The number of imidazole rings is 1. The molecule has 0 aliphatic heterocycles.